The van der Waals surface area contributed by atoms with Gasteiger partial charge in [-0.25, -0.2) is 4.98 Å². The maximum absolute atomic E-state index is 12.6. The monoisotopic (exact) mass is 311 g/mol. The van der Waals surface area contributed by atoms with Crippen molar-refractivity contribution in [1.29, 1.82) is 0 Å². The largest absolute Gasteiger partial charge is 0.342 e. The van der Waals surface area contributed by atoms with Gasteiger partial charge in [0, 0.05) is 25.5 Å². The molecule has 0 saturated heterocycles. The van der Waals surface area contributed by atoms with E-state index in [0.29, 0.717) is 11.4 Å². The first-order valence-electron chi connectivity index (χ1n) is 7.22. The summed E-state index contributed by atoms with van der Waals surface area (Å²) in [5, 5.41) is 7.60. The quantitative estimate of drug-likeness (QED) is 0.787. The van der Waals surface area contributed by atoms with Crippen molar-refractivity contribution in [2.75, 3.05) is 0 Å². The van der Waals surface area contributed by atoms with Gasteiger partial charge in [0.15, 0.2) is 0 Å². The molecule has 1 amide bonds. The van der Waals surface area contributed by atoms with Gasteiger partial charge in [0.25, 0.3) is 11.5 Å². The lowest BCUT2D eigenvalue weighted by Gasteiger charge is -2.15. The highest BCUT2D eigenvalue weighted by molar-refractivity contribution is 6.06. The first kappa shape index (κ1) is 15.0. The zero-order valence-electron chi connectivity index (χ0n) is 13.1. The SMILES string of the molecule is C[C@@H](NC(=O)c1cc(=O)n(C)c2ccccc12)c1ncnn1C. The number of aryl methyl sites for hydroxylation is 2. The molecule has 0 fully saturated rings. The Morgan fingerprint density at radius 3 is 2.70 bits per heavy atom. The van der Waals surface area contributed by atoms with E-state index in [1.165, 1.54) is 17.0 Å². The Bertz CT molecular complexity index is 941. The van der Waals surface area contributed by atoms with Crippen LogP contribution in [-0.4, -0.2) is 25.2 Å². The van der Waals surface area contributed by atoms with Gasteiger partial charge in [0.2, 0.25) is 0 Å². The van der Waals surface area contributed by atoms with Crippen LogP contribution in [0.2, 0.25) is 0 Å². The molecule has 3 aromatic rings. The first-order valence-corrected chi connectivity index (χ1v) is 7.22. The first-order chi connectivity index (χ1) is 11.0. The number of benzene rings is 1. The van der Waals surface area contributed by atoms with Crippen molar-refractivity contribution in [3.63, 3.8) is 0 Å². The van der Waals surface area contributed by atoms with Gasteiger partial charge in [-0.1, -0.05) is 18.2 Å². The number of nitrogens with zero attached hydrogens (tertiary/aromatic N) is 4. The van der Waals surface area contributed by atoms with Crippen LogP contribution < -0.4 is 10.9 Å². The van der Waals surface area contributed by atoms with E-state index in [9.17, 15) is 9.59 Å². The van der Waals surface area contributed by atoms with Crippen molar-refractivity contribution in [2.24, 2.45) is 14.1 Å². The van der Waals surface area contributed by atoms with E-state index in [1.54, 1.807) is 18.8 Å². The summed E-state index contributed by atoms with van der Waals surface area (Å²) in [6.07, 6.45) is 1.44. The zero-order chi connectivity index (χ0) is 16.6. The molecule has 0 spiro atoms. The molecular weight excluding hydrogens is 294 g/mol. The Kier molecular flexibility index (Phi) is 3.69. The van der Waals surface area contributed by atoms with E-state index in [2.05, 4.69) is 15.4 Å². The number of carbonyl (C=O) groups excluding carboxylic acids is 1. The molecule has 1 N–H and O–H groups in total. The fraction of sp³-hybridized carbons (Fsp3) is 0.250. The van der Waals surface area contributed by atoms with Crippen LogP contribution in [-0.2, 0) is 14.1 Å². The minimum atomic E-state index is -0.321. The molecule has 7 heteroatoms. The summed E-state index contributed by atoms with van der Waals surface area (Å²) in [6, 6.07) is 8.37. The molecule has 1 aromatic carbocycles. The van der Waals surface area contributed by atoms with Crippen molar-refractivity contribution in [1.82, 2.24) is 24.6 Å². The highest BCUT2D eigenvalue weighted by Crippen LogP contribution is 2.17. The summed E-state index contributed by atoms with van der Waals surface area (Å²) in [6.45, 7) is 1.82. The van der Waals surface area contributed by atoms with E-state index in [1.807, 2.05) is 31.2 Å². The number of hydrogen-bond acceptors (Lipinski definition) is 4. The van der Waals surface area contributed by atoms with E-state index in [0.717, 1.165) is 10.9 Å². The maximum atomic E-state index is 12.6. The third-order valence-corrected chi connectivity index (χ3v) is 3.88. The topological polar surface area (TPSA) is 81.8 Å². The number of aromatic nitrogens is 4. The third kappa shape index (κ3) is 2.61. The normalized spacial score (nSPS) is 12.3. The summed E-state index contributed by atoms with van der Waals surface area (Å²) in [7, 11) is 3.45. The number of rotatable bonds is 3. The molecule has 2 aromatic heterocycles. The molecule has 1 atom stereocenters. The standard InChI is InChI=1S/C16H17N5O2/c1-10(15-17-9-18-21(15)3)19-16(23)12-8-14(22)20(2)13-7-5-4-6-11(12)13/h4-10H,1-3H3,(H,19,23)/t10-/m1/s1. The fourth-order valence-corrected chi connectivity index (χ4v) is 2.63. The van der Waals surface area contributed by atoms with Gasteiger partial charge in [-0.2, -0.15) is 5.10 Å². The molecule has 0 radical (unpaired) electrons. The summed E-state index contributed by atoms with van der Waals surface area (Å²) in [5.41, 5.74) is 0.856. The summed E-state index contributed by atoms with van der Waals surface area (Å²) < 4.78 is 3.13. The van der Waals surface area contributed by atoms with Crippen LogP contribution in [0.3, 0.4) is 0 Å². The van der Waals surface area contributed by atoms with Crippen molar-refractivity contribution in [2.45, 2.75) is 13.0 Å². The lowest BCUT2D eigenvalue weighted by Crippen LogP contribution is -2.30. The minimum Gasteiger partial charge on any atom is -0.342 e. The second kappa shape index (κ2) is 5.68. The number of fused-ring (bicyclic) bond motifs is 1. The summed E-state index contributed by atoms with van der Waals surface area (Å²) in [4.78, 5) is 28.8. The molecule has 118 valence electrons. The number of amides is 1. The van der Waals surface area contributed by atoms with Crippen molar-refractivity contribution < 1.29 is 4.79 Å². The summed E-state index contributed by atoms with van der Waals surface area (Å²) >= 11 is 0. The van der Waals surface area contributed by atoms with Crippen LogP contribution in [0.15, 0.2) is 41.5 Å². The highest BCUT2D eigenvalue weighted by Gasteiger charge is 2.18. The number of carbonyl (C=O) groups is 1. The molecule has 2 heterocycles. The van der Waals surface area contributed by atoms with Gasteiger partial charge in [0.1, 0.15) is 12.2 Å². The van der Waals surface area contributed by atoms with Crippen molar-refractivity contribution >= 4 is 16.8 Å². The number of nitrogens with one attached hydrogen (secondary N) is 1. The average molecular weight is 311 g/mol. The summed E-state index contributed by atoms with van der Waals surface area (Å²) in [5.74, 6) is 0.334. The van der Waals surface area contributed by atoms with Gasteiger partial charge in [0.05, 0.1) is 17.1 Å². The molecule has 0 bridgehead atoms. The predicted molar refractivity (Wildman–Crippen MR) is 86.1 cm³/mol. The molecule has 0 saturated carbocycles. The zero-order valence-corrected chi connectivity index (χ0v) is 13.1. The van der Waals surface area contributed by atoms with Crippen LogP contribution in [0.4, 0.5) is 0 Å². The highest BCUT2D eigenvalue weighted by atomic mass is 16.2. The van der Waals surface area contributed by atoms with Gasteiger partial charge < -0.3 is 9.88 Å². The van der Waals surface area contributed by atoms with Gasteiger partial charge in [-0.05, 0) is 13.0 Å². The van der Waals surface area contributed by atoms with E-state index >= 15 is 0 Å². The molecule has 0 aliphatic heterocycles. The number of hydrogen-bond donors (Lipinski definition) is 1. The van der Waals surface area contributed by atoms with Crippen LogP contribution in [0.1, 0.15) is 29.1 Å². The Hall–Kier alpha value is -2.96. The Balaban J connectivity index is 2.00. The van der Waals surface area contributed by atoms with Crippen LogP contribution in [0, 0.1) is 0 Å². The average Bonchev–Trinajstić information content (AvgIpc) is 2.97. The van der Waals surface area contributed by atoms with E-state index in [4.69, 9.17) is 0 Å². The molecule has 23 heavy (non-hydrogen) atoms. The second-order valence-corrected chi connectivity index (χ2v) is 5.41. The lowest BCUT2D eigenvalue weighted by molar-refractivity contribution is 0.0939. The van der Waals surface area contributed by atoms with E-state index < -0.39 is 0 Å². The van der Waals surface area contributed by atoms with Crippen LogP contribution in [0.25, 0.3) is 10.9 Å². The molecule has 3 rings (SSSR count). The maximum Gasteiger partial charge on any atom is 0.252 e. The number of pyridine rings is 1. The van der Waals surface area contributed by atoms with Gasteiger partial charge in [-0.3, -0.25) is 14.3 Å². The fourth-order valence-electron chi connectivity index (χ4n) is 2.63. The van der Waals surface area contributed by atoms with E-state index in [-0.39, 0.29) is 17.5 Å². The smallest absolute Gasteiger partial charge is 0.252 e. The molecule has 7 nitrogen and oxygen atoms in total. The molecular formula is C16H17N5O2. The van der Waals surface area contributed by atoms with Gasteiger partial charge >= 0.3 is 0 Å². The Labute approximate surface area is 132 Å². The van der Waals surface area contributed by atoms with Crippen molar-refractivity contribution in [3.05, 3.63) is 58.4 Å². The molecule has 0 aliphatic rings. The predicted octanol–water partition coefficient (Wildman–Crippen LogP) is 1.16. The molecule has 0 aliphatic carbocycles. The number of para-hydroxylation sites is 1. The Morgan fingerprint density at radius 2 is 2.00 bits per heavy atom. The third-order valence-electron chi connectivity index (χ3n) is 3.88. The van der Waals surface area contributed by atoms with Crippen LogP contribution in [0.5, 0.6) is 0 Å². The molecule has 0 unspecified atom stereocenters. The van der Waals surface area contributed by atoms with Gasteiger partial charge in [-0.15, -0.1) is 0 Å². The van der Waals surface area contributed by atoms with Crippen LogP contribution >= 0.6 is 0 Å². The Morgan fingerprint density at radius 1 is 1.26 bits per heavy atom. The minimum absolute atomic E-state index is 0.222. The van der Waals surface area contributed by atoms with Crippen molar-refractivity contribution in [3.8, 4) is 0 Å². The lowest BCUT2D eigenvalue weighted by atomic mass is 10.1. The second-order valence-electron chi connectivity index (χ2n) is 5.41.